The molecule has 0 aliphatic carbocycles. The van der Waals surface area contributed by atoms with Crippen molar-refractivity contribution in [1.82, 2.24) is 20.3 Å². The summed E-state index contributed by atoms with van der Waals surface area (Å²) >= 11 is 0. The van der Waals surface area contributed by atoms with Crippen molar-refractivity contribution in [2.45, 2.75) is 26.4 Å². The summed E-state index contributed by atoms with van der Waals surface area (Å²) in [7, 11) is 1.66. The third-order valence-corrected chi connectivity index (χ3v) is 3.91. The first-order valence-electron chi connectivity index (χ1n) is 7.50. The summed E-state index contributed by atoms with van der Waals surface area (Å²) in [4.78, 5) is 0. The van der Waals surface area contributed by atoms with Crippen LogP contribution < -0.4 is 10.1 Å². The molecule has 0 radical (unpaired) electrons. The van der Waals surface area contributed by atoms with Gasteiger partial charge in [0.05, 0.1) is 24.7 Å². The van der Waals surface area contributed by atoms with Gasteiger partial charge in [0, 0.05) is 29.9 Å². The summed E-state index contributed by atoms with van der Waals surface area (Å²) in [6.07, 6.45) is 3.48. The van der Waals surface area contributed by atoms with E-state index in [1.165, 1.54) is 0 Å². The smallest absolute Gasteiger partial charge is 0.124 e. The van der Waals surface area contributed by atoms with E-state index in [0.29, 0.717) is 6.54 Å². The molecule has 0 saturated carbocycles. The van der Waals surface area contributed by atoms with Gasteiger partial charge in [0.15, 0.2) is 0 Å². The first kappa shape index (κ1) is 15.3. The van der Waals surface area contributed by atoms with E-state index in [1.807, 2.05) is 41.2 Å². The van der Waals surface area contributed by atoms with E-state index < -0.39 is 0 Å². The minimum atomic E-state index is 0.165. The molecule has 3 rings (SSSR count). The molecule has 1 unspecified atom stereocenters. The molecule has 0 spiro atoms. The van der Waals surface area contributed by atoms with E-state index in [1.54, 1.807) is 13.4 Å². The van der Waals surface area contributed by atoms with Crippen LogP contribution in [0.1, 0.15) is 29.9 Å². The molecule has 120 valence electrons. The number of hydrogen-bond acceptors (Lipinski definition) is 5. The lowest BCUT2D eigenvalue weighted by atomic mass is 10.1. The van der Waals surface area contributed by atoms with Crippen LogP contribution in [-0.2, 0) is 6.54 Å². The van der Waals surface area contributed by atoms with Crippen molar-refractivity contribution in [3.63, 3.8) is 0 Å². The molecule has 6 heteroatoms. The maximum absolute atomic E-state index is 5.19. The summed E-state index contributed by atoms with van der Waals surface area (Å²) in [5, 5.41) is 11.8. The van der Waals surface area contributed by atoms with Gasteiger partial charge in [-0.05, 0) is 38.1 Å². The van der Waals surface area contributed by atoms with Crippen molar-refractivity contribution < 1.29 is 9.26 Å². The molecular formula is C17H20N4O2. The number of nitrogens with zero attached hydrogens (tertiary/aromatic N) is 3. The molecule has 23 heavy (non-hydrogen) atoms. The Balaban J connectivity index is 1.75. The second-order valence-electron chi connectivity index (χ2n) is 5.39. The van der Waals surface area contributed by atoms with Gasteiger partial charge in [-0.15, -0.1) is 0 Å². The predicted molar refractivity (Wildman–Crippen MR) is 86.6 cm³/mol. The average molecular weight is 312 g/mol. The molecule has 1 N–H and O–H groups in total. The number of benzene rings is 1. The Morgan fingerprint density at radius 1 is 1.26 bits per heavy atom. The van der Waals surface area contributed by atoms with Crippen LogP contribution in [0.15, 0.2) is 47.3 Å². The van der Waals surface area contributed by atoms with Crippen molar-refractivity contribution >= 4 is 0 Å². The highest BCUT2D eigenvalue weighted by Gasteiger charge is 2.14. The largest absolute Gasteiger partial charge is 0.497 e. The van der Waals surface area contributed by atoms with Crippen LogP contribution in [0.3, 0.4) is 0 Å². The maximum Gasteiger partial charge on any atom is 0.124 e. The lowest BCUT2D eigenvalue weighted by Gasteiger charge is -2.13. The quantitative estimate of drug-likeness (QED) is 0.758. The standard InChI is InChI=1S/C17H20N4O2/c1-12(18-10-14-8-9-23-20-14)17-11-19-21(13(17)2)15-4-6-16(22-3)7-5-15/h4-9,11-12,18H,10H2,1-3H3. The Hall–Kier alpha value is -2.60. The summed E-state index contributed by atoms with van der Waals surface area (Å²) in [5.41, 5.74) is 4.16. The molecule has 0 saturated heterocycles. The highest BCUT2D eigenvalue weighted by atomic mass is 16.5. The first-order chi connectivity index (χ1) is 11.2. The number of hydrogen-bond donors (Lipinski definition) is 1. The van der Waals surface area contributed by atoms with Crippen molar-refractivity contribution in [2.24, 2.45) is 0 Å². The summed E-state index contributed by atoms with van der Waals surface area (Å²) in [5.74, 6) is 0.835. The average Bonchev–Trinajstić information content (AvgIpc) is 3.22. The molecule has 0 fully saturated rings. The Bertz CT molecular complexity index is 748. The minimum Gasteiger partial charge on any atom is -0.497 e. The van der Waals surface area contributed by atoms with Gasteiger partial charge in [-0.3, -0.25) is 0 Å². The van der Waals surface area contributed by atoms with Gasteiger partial charge in [0.2, 0.25) is 0 Å². The van der Waals surface area contributed by atoms with Gasteiger partial charge in [0.1, 0.15) is 12.0 Å². The molecule has 0 aliphatic heterocycles. The van der Waals surface area contributed by atoms with Gasteiger partial charge < -0.3 is 14.6 Å². The lowest BCUT2D eigenvalue weighted by molar-refractivity contribution is 0.406. The van der Waals surface area contributed by atoms with Crippen molar-refractivity contribution in [1.29, 1.82) is 0 Å². The Morgan fingerprint density at radius 2 is 2.04 bits per heavy atom. The number of ether oxygens (including phenoxy) is 1. The molecule has 0 aliphatic rings. The second kappa shape index (κ2) is 6.66. The van der Waals surface area contributed by atoms with Crippen molar-refractivity contribution in [3.8, 4) is 11.4 Å². The van der Waals surface area contributed by atoms with Crippen LogP contribution in [0.5, 0.6) is 5.75 Å². The number of rotatable bonds is 6. The van der Waals surface area contributed by atoms with Crippen LogP contribution in [0, 0.1) is 6.92 Å². The van der Waals surface area contributed by atoms with Crippen LogP contribution in [0.2, 0.25) is 0 Å². The van der Waals surface area contributed by atoms with E-state index in [-0.39, 0.29) is 6.04 Å². The third kappa shape index (κ3) is 3.27. The zero-order valence-electron chi connectivity index (χ0n) is 13.5. The summed E-state index contributed by atoms with van der Waals surface area (Å²) in [6.45, 7) is 4.84. The Morgan fingerprint density at radius 3 is 2.70 bits per heavy atom. The molecule has 0 amide bonds. The second-order valence-corrected chi connectivity index (χ2v) is 5.39. The van der Waals surface area contributed by atoms with E-state index in [9.17, 15) is 0 Å². The van der Waals surface area contributed by atoms with E-state index >= 15 is 0 Å². The number of methoxy groups -OCH3 is 1. The molecule has 0 bridgehead atoms. The van der Waals surface area contributed by atoms with Crippen LogP contribution >= 0.6 is 0 Å². The minimum absolute atomic E-state index is 0.165. The topological polar surface area (TPSA) is 65.1 Å². The molecule has 1 aromatic carbocycles. The molecule has 2 aromatic heterocycles. The van der Waals surface area contributed by atoms with Gasteiger partial charge >= 0.3 is 0 Å². The predicted octanol–water partition coefficient (Wildman–Crippen LogP) is 3.03. The third-order valence-electron chi connectivity index (χ3n) is 3.91. The van der Waals surface area contributed by atoms with Crippen LogP contribution in [0.25, 0.3) is 5.69 Å². The van der Waals surface area contributed by atoms with Crippen LogP contribution in [0.4, 0.5) is 0 Å². The molecule has 6 nitrogen and oxygen atoms in total. The molecule has 3 aromatic rings. The van der Waals surface area contributed by atoms with E-state index in [0.717, 1.165) is 28.4 Å². The normalized spacial score (nSPS) is 12.3. The highest BCUT2D eigenvalue weighted by molar-refractivity contribution is 5.39. The fraction of sp³-hybridized carbons (Fsp3) is 0.294. The SMILES string of the molecule is COc1ccc(-n2ncc(C(C)NCc3ccon3)c2C)cc1. The van der Waals surface area contributed by atoms with Crippen LogP contribution in [-0.4, -0.2) is 22.0 Å². The zero-order valence-corrected chi connectivity index (χ0v) is 13.5. The zero-order chi connectivity index (χ0) is 16.2. The number of aromatic nitrogens is 3. The maximum atomic E-state index is 5.19. The van der Waals surface area contributed by atoms with Crippen molar-refractivity contribution in [2.75, 3.05) is 7.11 Å². The number of nitrogens with one attached hydrogen (secondary N) is 1. The first-order valence-corrected chi connectivity index (χ1v) is 7.50. The fourth-order valence-corrected chi connectivity index (χ4v) is 2.53. The lowest BCUT2D eigenvalue weighted by Crippen LogP contribution is -2.18. The molecule has 1 atom stereocenters. The Labute approximate surface area is 135 Å². The van der Waals surface area contributed by atoms with Gasteiger partial charge in [-0.2, -0.15) is 5.10 Å². The Kier molecular flexibility index (Phi) is 4.43. The molecular weight excluding hydrogens is 292 g/mol. The van der Waals surface area contributed by atoms with Crippen molar-refractivity contribution in [3.05, 3.63) is 59.7 Å². The fourth-order valence-electron chi connectivity index (χ4n) is 2.53. The van der Waals surface area contributed by atoms with Gasteiger partial charge in [0.25, 0.3) is 0 Å². The monoisotopic (exact) mass is 312 g/mol. The highest BCUT2D eigenvalue weighted by Crippen LogP contribution is 2.21. The van der Waals surface area contributed by atoms with Gasteiger partial charge in [-0.25, -0.2) is 4.68 Å². The molecule has 2 heterocycles. The summed E-state index contributed by atoms with van der Waals surface area (Å²) < 4.78 is 12.0. The van der Waals surface area contributed by atoms with E-state index in [2.05, 4.69) is 29.4 Å². The van der Waals surface area contributed by atoms with E-state index in [4.69, 9.17) is 9.26 Å². The summed E-state index contributed by atoms with van der Waals surface area (Å²) in [6, 6.07) is 9.88. The van der Waals surface area contributed by atoms with Gasteiger partial charge in [-0.1, -0.05) is 5.16 Å².